The lowest BCUT2D eigenvalue weighted by atomic mass is 9.88. The molecule has 10 heterocycles. The van der Waals surface area contributed by atoms with Gasteiger partial charge in [-0.15, -0.1) is 45.3 Å². The Morgan fingerprint density at radius 2 is 0.444 bits per heavy atom. The van der Waals surface area contributed by atoms with E-state index in [0.29, 0.717) is 72.1 Å². The van der Waals surface area contributed by atoms with Gasteiger partial charge in [0.1, 0.15) is 0 Å². The fourth-order valence-electron chi connectivity index (χ4n) is 19.2. The van der Waals surface area contributed by atoms with Crippen LogP contribution in [0.2, 0.25) is 0 Å². The van der Waals surface area contributed by atoms with Gasteiger partial charge in [0.15, 0.2) is 0 Å². The van der Waals surface area contributed by atoms with Gasteiger partial charge in [-0.1, -0.05) is 324 Å². The molecule has 0 bridgehead atoms. The van der Waals surface area contributed by atoms with Crippen LogP contribution in [0.5, 0.6) is 0 Å². The van der Waals surface area contributed by atoms with E-state index in [1.807, 2.05) is 19.6 Å². The van der Waals surface area contributed by atoms with Crippen LogP contribution in [0, 0.1) is 23.7 Å². The van der Waals surface area contributed by atoms with Crippen LogP contribution in [0.3, 0.4) is 0 Å². The highest BCUT2D eigenvalue weighted by atomic mass is 79.9. The quantitative estimate of drug-likeness (QED) is 0.0317. The van der Waals surface area contributed by atoms with E-state index in [4.69, 9.17) is 18.6 Å². The first-order chi connectivity index (χ1) is 59.7. The van der Waals surface area contributed by atoms with Gasteiger partial charge in [-0.05, 0) is 199 Å². The van der Waals surface area contributed by atoms with E-state index in [0.717, 1.165) is 136 Å². The van der Waals surface area contributed by atoms with E-state index in [1.54, 1.807) is 45.3 Å². The third kappa shape index (κ3) is 28.8. The topological polar surface area (TPSA) is 118 Å². The molecule has 4 atom stereocenters. The van der Waals surface area contributed by atoms with E-state index in [2.05, 4.69) is 191 Å². The lowest BCUT2D eigenvalue weighted by Gasteiger charge is -2.32. The third-order valence-electron chi connectivity index (χ3n) is 28.2. The van der Waals surface area contributed by atoms with E-state index in [9.17, 15) is 0 Å². The maximum Gasteiger partial charge on any atom is 0.505 e. The molecule has 20 heteroatoms. The average molecular weight is 1910 g/mol. The van der Waals surface area contributed by atoms with Crippen LogP contribution in [0.1, 0.15) is 438 Å². The second kappa shape index (κ2) is 52.7. The molecule has 4 amide bonds. The van der Waals surface area contributed by atoms with Crippen LogP contribution in [0.15, 0.2) is 78.4 Å². The van der Waals surface area contributed by atoms with Crippen molar-refractivity contribution in [1.29, 1.82) is 0 Å². The molecule has 692 valence electrons. The maximum absolute atomic E-state index is 15.9. The number of thiophene rings is 4. The van der Waals surface area contributed by atoms with Crippen molar-refractivity contribution in [3.05, 3.63) is 97.9 Å². The van der Waals surface area contributed by atoms with Gasteiger partial charge in [-0.2, -0.15) is 0 Å². The summed E-state index contributed by atoms with van der Waals surface area (Å²) >= 11 is 13.9. The molecule has 12 nitrogen and oxygen atoms in total. The summed E-state index contributed by atoms with van der Waals surface area (Å²) in [5.41, 5.74) is 3.71. The van der Waals surface area contributed by atoms with Gasteiger partial charge in [-0.25, -0.2) is 0 Å². The Labute approximate surface area is 787 Å². The predicted molar refractivity (Wildman–Crippen MR) is 540 cm³/mol. The number of unbranched alkanes of at least 4 members (excludes halogenated alkanes) is 32. The third-order valence-corrected chi connectivity index (χ3v) is 33.6. The summed E-state index contributed by atoms with van der Waals surface area (Å²) in [6.45, 7) is 37.5. The van der Waals surface area contributed by atoms with Gasteiger partial charge in [0.25, 0.3) is 23.6 Å². The fourth-order valence-corrected chi connectivity index (χ4v) is 24.1. The Hall–Kier alpha value is -3.43. The molecule has 0 N–H and O–H groups in total. The molecule has 4 aromatic heterocycles. The number of hydrogen-bond donors (Lipinski definition) is 0. The van der Waals surface area contributed by atoms with E-state index >= 15 is 19.2 Å². The molecule has 4 aromatic rings. The first-order valence-corrected chi connectivity index (χ1v) is 55.3. The normalized spacial score (nSPS) is 18.3. The molecule has 6 aliphatic rings. The first-order valence-electron chi connectivity index (χ1n) is 50.4. The molecular weight excluding hydrogens is 1740 g/mol. The Morgan fingerprint density at radius 1 is 0.266 bits per heavy atom. The van der Waals surface area contributed by atoms with Gasteiger partial charge in [0, 0.05) is 35.7 Å². The van der Waals surface area contributed by atoms with Crippen LogP contribution < -0.4 is 9.55 Å². The SMILES string of the molecule is CCCCCCCCC(CCCCCC)CN1C(=O)C2=C(c3ccc(B4OC(C)(C)C(C)(C)O4)s3)N(CC(CCCCCC)CCCCCCCC)C(=O)C2=C1c1ccc(B2OC(C)(C)C(C)(C)O2)s1.CCCCCCCCC(CCCCCC)CN1C(=O)C2=C(c3ccc(Br)s3)N(CC(CCCCCC)CCCCCCCC)C(=O)C2=C1c1ccc(Br)s1. The summed E-state index contributed by atoms with van der Waals surface area (Å²) in [6.07, 6.45) is 58.6. The molecule has 0 aromatic carbocycles. The number of halogens is 2. The Balaban J connectivity index is 0.000000291. The zero-order valence-corrected chi connectivity index (χ0v) is 86.7. The van der Waals surface area contributed by atoms with Gasteiger partial charge in [-0.3, -0.25) is 19.2 Å². The van der Waals surface area contributed by atoms with Crippen molar-refractivity contribution in [3.63, 3.8) is 0 Å². The molecule has 2 saturated heterocycles. The molecule has 0 radical (unpaired) electrons. The summed E-state index contributed by atoms with van der Waals surface area (Å²) in [6, 6.07) is 16.8. The van der Waals surface area contributed by atoms with Crippen LogP contribution in [-0.2, 0) is 37.8 Å². The Morgan fingerprint density at radius 3 is 0.637 bits per heavy atom. The molecule has 2 fully saturated rings. The highest BCUT2D eigenvalue weighted by molar-refractivity contribution is 9.11. The van der Waals surface area contributed by atoms with Crippen molar-refractivity contribution >= 4 is 147 Å². The molecule has 0 spiro atoms. The summed E-state index contributed by atoms with van der Waals surface area (Å²) in [7, 11) is -1.06. The van der Waals surface area contributed by atoms with Crippen LogP contribution in [0.25, 0.3) is 22.8 Å². The number of carbonyl (C=O) groups excluding carboxylic acids is 4. The number of hydrogen-bond acceptors (Lipinski definition) is 12. The smallest absolute Gasteiger partial charge is 0.399 e. The van der Waals surface area contributed by atoms with Crippen molar-refractivity contribution in [3.8, 4) is 0 Å². The highest BCUT2D eigenvalue weighted by Crippen LogP contribution is 2.53. The Bertz CT molecular complexity index is 3780. The second-order valence-electron chi connectivity index (χ2n) is 39.4. The zero-order valence-electron chi connectivity index (χ0n) is 80.3. The fraction of sp³-hybridized carbons (Fsp3) is 0.731. The lowest BCUT2D eigenvalue weighted by molar-refractivity contribution is -0.124. The highest BCUT2D eigenvalue weighted by Gasteiger charge is 2.56. The molecular formula is C104H164B2Br2N4O8S4. The standard InChI is InChI=1S/C58H94B2N2O6S2.C46H70Br2N2O2S2/c1-13-17-21-25-27-31-35-43(33-29-23-19-15-3)41-61-51(45-37-39-47(69-45)59-65-55(5,6)56(7,8)66-59)49-50(53(61)63)52(46-38-40-48(70-46)60-67-57(9,10)58(11,12)68-60)62(54(49)64)42-44(34-30-24-20-16-4)36-32-28-26-22-18-14-2;1-5-9-13-17-19-23-27-35(25-21-15-11-7-3)33-49-43(37-29-31-39(47)53-37)41-42(45(49)51)44(38-30-32-40(48)54-38)50(46(41)52)34-36(26-22-16-12-8-4)28-24-20-18-14-10-6-2/h37-40,43-44H,13-36,41-42H2,1-12H3;29-32,35-36H,5-28,33-34H2,1-4H3. The number of fused-ring (bicyclic) bond motifs is 2. The first kappa shape index (κ1) is 104. The minimum Gasteiger partial charge on any atom is -0.399 e. The van der Waals surface area contributed by atoms with E-state index in [1.165, 1.54) is 231 Å². The van der Waals surface area contributed by atoms with Crippen LogP contribution in [0.4, 0.5) is 0 Å². The lowest BCUT2D eigenvalue weighted by Crippen LogP contribution is -2.41. The minimum atomic E-state index is -0.532. The molecule has 0 saturated carbocycles. The summed E-state index contributed by atoms with van der Waals surface area (Å²) in [5, 5.41) is 0. The van der Waals surface area contributed by atoms with Crippen molar-refractivity contribution in [2.45, 2.75) is 441 Å². The van der Waals surface area contributed by atoms with Crippen molar-refractivity contribution in [2.24, 2.45) is 23.7 Å². The number of amides is 4. The minimum absolute atomic E-state index is 0.0248. The van der Waals surface area contributed by atoms with Crippen molar-refractivity contribution < 1.29 is 37.8 Å². The molecule has 124 heavy (non-hydrogen) atoms. The summed E-state index contributed by atoms with van der Waals surface area (Å²) < 4.78 is 30.3. The van der Waals surface area contributed by atoms with E-state index < -0.39 is 36.6 Å². The van der Waals surface area contributed by atoms with Gasteiger partial charge >= 0.3 is 14.2 Å². The summed E-state index contributed by atoms with van der Waals surface area (Å²) in [5.74, 6) is 1.49. The molecule has 4 unspecified atom stereocenters. The number of nitrogens with zero attached hydrogens (tertiary/aromatic N) is 4. The summed E-state index contributed by atoms with van der Waals surface area (Å²) in [4.78, 5) is 73.9. The van der Waals surface area contributed by atoms with Gasteiger partial charge < -0.3 is 38.2 Å². The monoisotopic (exact) mass is 1900 g/mol. The van der Waals surface area contributed by atoms with Gasteiger partial charge in [0.2, 0.25) is 0 Å². The second-order valence-corrected chi connectivity index (χ2v) is 46.6. The molecule has 10 rings (SSSR count). The van der Waals surface area contributed by atoms with Gasteiger partial charge in [0.05, 0.1) is 94.6 Å². The predicted octanol–water partition coefficient (Wildman–Crippen LogP) is 30.7. The number of rotatable bonds is 62. The average Bonchev–Trinajstić information content (AvgIpc) is 1.55. The van der Waals surface area contributed by atoms with E-state index in [-0.39, 0.29) is 23.6 Å². The van der Waals surface area contributed by atoms with Crippen molar-refractivity contribution in [2.75, 3.05) is 26.2 Å². The zero-order chi connectivity index (χ0) is 89.4. The van der Waals surface area contributed by atoms with Crippen LogP contribution >= 0.6 is 77.2 Å². The van der Waals surface area contributed by atoms with Crippen LogP contribution in [-0.4, -0.2) is 106 Å². The Kier molecular flexibility index (Phi) is 44.3. The molecule has 0 aliphatic carbocycles. The maximum atomic E-state index is 15.9. The largest absolute Gasteiger partial charge is 0.505 e. The molecule has 6 aliphatic heterocycles. The number of carbonyl (C=O) groups is 4. The van der Waals surface area contributed by atoms with Crippen molar-refractivity contribution in [1.82, 2.24) is 19.6 Å².